The third kappa shape index (κ3) is 3.85. The first kappa shape index (κ1) is 17.3. The van der Waals surface area contributed by atoms with E-state index in [-0.39, 0.29) is 5.91 Å². The van der Waals surface area contributed by atoms with E-state index >= 15 is 0 Å². The number of carbonyl (C=O) groups is 1. The molecule has 0 unspecified atom stereocenters. The molecular weight excluding hydrogens is 334 g/mol. The van der Waals surface area contributed by atoms with Crippen molar-refractivity contribution in [2.24, 2.45) is 0 Å². The molecule has 1 aliphatic rings. The van der Waals surface area contributed by atoms with Crippen molar-refractivity contribution in [1.29, 1.82) is 0 Å². The Bertz CT molecular complexity index is 950. The molecule has 136 valence electrons. The minimum absolute atomic E-state index is 0.00800. The number of rotatable bonds is 4. The van der Waals surface area contributed by atoms with E-state index in [1.807, 2.05) is 29.2 Å². The highest BCUT2D eigenvalue weighted by atomic mass is 16.2. The monoisotopic (exact) mass is 357 g/mol. The maximum Gasteiger partial charge on any atom is 0.259 e. The van der Waals surface area contributed by atoms with Crippen LogP contribution in [0.2, 0.25) is 0 Å². The standard InChI is InChI=1S/C23H23N3O/c1-17-8-10-18(11-9-17)14-25-21-13-20(15-24-16-21)23(27)26-12-4-6-19-5-2-3-7-22(19)26/h2-3,5,7-11,13,15-16,25H,4,6,12,14H2,1H3. The molecule has 2 heterocycles. The number of pyridine rings is 1. The highest BCUT2D eigenvalue weighted by molar-refractivity contribution is 6.07. The summed E-state index contributed by atoms with van der Waals surface area (Å²) < 4.78 is 0. The van der Waals surface area contributed by atoms with Crippen molar-refractivity contribution < 1.29 is 4.79 Å². The number of para-hydroxylation sites is 1. The van der Waals surface area contributed by atoms with Crippen molar-refractivity contribution in [3.05, 3.63) is 89.2 Å². The smallest absolute Gasteiger partial charge is 0.259 e. The fraction of sp³-hybridized carbons (Fsp3) is 0.217. The number of nitrogens with zero attached hydrogens (tertiary/aromatic N) is 2. The number of hydrogen-bond donors (Lipinski definition) is 1. The van der Waals surface area contributed by atoms with Gasteiger partial charge in [0, 0.05) is 31.2 Å². The van der Waals surface area contributed by atoms with Crippen LogP contribution in [0.25, 0.3) is 0 Å². The van der Waals surface area contributed by atoms with Crippen molar-refractivity contribution in [3.8, 4) is 0 Å². The molecule has 0 atom stereocenters. The van der Waals surface area contributed by atoms with Crippen molar-refractivity contribution in [2.45, 2.75) is 26.3 Å². The summed E-state index contributed by atoms with van der Waals surface area (Å²) in [6.45, 7) is 3.53. The summed E-state index contributed by atoms with van der Waals surface area (Å²) in [4.78, 5) is 19.2. The first-order chi connectivity index (χ1) is 13.2. The lowest BCUT2D eigenvalue weighted by molar-refractivity contribution is 0.0985. The van der Waals surface area contributed by atoms with E-state index in [2.05, 4.69) is 47.6 Å². The molecule has 2 aromatic carbocycles. The molecule has 0 fully saturated rings. The van der Waals surface area contributed by atoms with Gasteiger partial charge in [-0.1, -0.05) is 48.0 Å². The van der Waals surface area contributed by atoms with E-state index in [9.17, 15) is 4.79 Å². The Morgan fingerprint density at radius 1 is 1.11 bits per heavy atom. The van der Waals surface area contributed by atoms with Crippen molar-refractivity contribution in [1.82, 2.24) is 4.98 Å². The Kier molecular flexibility index (Phi) is 4.88. The number of aryl methyl sites for hydroxylation is 2. The minimum Gasteiger partial charge on any atom is -0.380 e. The van der Waals surface area contributed by atoms with Gasteiger partial charge in [0.05, 0.1) is 11.3 Å². The molecule has 0 aliphatic carbocycles. The fourth-order valence-electron chi connectivity index (χ4n) is 3.46. The second-order valence-electron chi connectivity index (χ2n) is 6.99. The highest BCUT2D eigenvalue weighted by Gasteiger charge is 2.23. The van der Waals surface area contributed by atoms with Crippen LogP contribution in [-0.4, -0.2) is 17.4 Å². The number of anilines is 2. The van der Waals surface area contributed by atoms with Crippen LogP contribution in [0.15, 0.2) is 67.0 Å². The van der Waals surface area contributed by atoms with Gasteiger partial charge in [-0.25, -0.2) is 0 Å². The SMILES string of the molecule is Cc1ccc(CNc2cncc(C(=O)N3CCCc4ccccc43)c2)cc1. The maximum absolute atomic E-state index is 13.1. The average molecular weight is 357 g/mol. The highest BCUT2D eigenvalue weighted by Crippen LogP contribution is 2.28. The van der Waals surface area contributed by atoms with Gasteiger partial charge in [0.25, 0.3) is 5.91 Å². The predicted octanol–water partition coefficient (Wildman–Crippen LogP) is 4.60. The molecule has 4 heteroatoms. The van der Waals surface area contributed by atoms with E-state index in [0.717, 1.165) is 30.8 Å². The number of aromatic nitrogens is 1. The molecule has 3 aromatic rings. The number of benzene rings is 2. The average Bonchev–Trinajstić information content (AvgIpc) is 2.72. The number of nitrogens with one attached hydrogen (secondary N) is 1. The molecule has 4 rings (SSSR count). The first-order valence-electron chi connectivity index (χ1n) is 9.35. The minimum atomic E-state index is 0.00800. The van der Waals surface area contributed by atoms with Gasteiger partial charge in [-0.3, -0.25) is 9.78 Å². The van der Waals surface area contributed by atoms with Crippen molar-refractivity contribution in [2.75, 3.05) is 16.8 Å². The van der Waals surface area contributed by atoms with Gasteiger partial charge in [-0.2, -0.15) is 0 Å². The number of fused-ring (bicyclic) bond motifs is 1. The lowest BCUT2D eigenvalue weighted by Gasteiger charge is -2.29. The Morgan fingerprint density at radius 3 is 2.78 bits per heavy atom. The molecule has 27 heavy (non-hydrogen) atoms. The zero-order valence-electron chi connectivity index (χ0n) is 15.5. The van der Waals surface area contributed by atoms with E-state index in [1.54, 1.807) is 12.4 Å². The molecule has 0 saturated carbocycles. The molecule has 1 amide bonds. The summed E-state index contributed by atoms with van der Waals surface area (Å²) in [6.07, 6.45) is 5.42. The van der Waals surface area contributed by atoms with Gasteiger partial charge < -0.3 is 10.2 Å². The maximum atomic E-state index is 13.1. The third-order valence-corrected chi connectivity index (χ3v) is 4.96. The van der Waals surface area contributed by atoms with E-state index < -0.39 is 0 Å². The molecule has 0 radical (unpaired) electrons. The van der Waals surface area contributed by atoms with Crippen LogP contribution >= 0.6 is 0 Å². The third-order valence-electron chi connectivity index (χ3n) is 4.96. The van der Waals surface area contributed by atoms with Crippen LogP contribution in [0, 0.1) is 6.92 Å². The summed E-state index contributed by atoms with van der Waals surface area (Å²) >= 11 is 0. The normalized spacial score (nSPS) is 13.1. The Balaban J connectivity index is 1.51. The summed E-state index contributed by atoms with van der Waals surface area (Å²) in [5.74, 6) is 0.00800. The molecular formula is C23H23N3O. The van der Waals surface area contributed by atoms with Crippen LogP contribution in [0.4, 0.5) is 11.4 Å². The van der Waals surface area contributed by atoms with Gasteiger partial charge in [-0.15, -0.1) is 0 Å². The van der Waals surface area contributed by atoms with Crippen LogP contribution in [0.1, 0.15) is 33.5 Å². The lowest BCUT2D eigenvalue weighted by atomic mass is 10.0. The van der Waals surface area contributed by atoms with Crippen LogP contribution in [0.3, 0.4) is 0 Å². The van der Waals surface area contributed by atoms with Crippen LogP contribution in [0.5, 0.6) is 0 Å². The van der Waals surface area contributed by atoms with E-state index in [4.69, 9.17) is 0 Å². The Hall–Kier alpha value is -3.14. The van der Waals surface area contributed by atoms with Gasteiger partial charge in [0.15, 0.2) is 0 Å². The number of amides is 1. The van der Waals surface area contributed by atoms with Gasteiger partial charge in [0.2, 0.25) is 0 Å². The van der Waals surface area contributed by atoms with Crippen LogP contribution in [-0.2, 0) is 13.0 Å². The van der Waals surface area contributed by atoms with Gasteiger partial charge in [-0.05, 0) is 43.0 Å². The first-order valence-corrected chi connectivity index (χ1v) is 9.35. The van der Waals surface area contributed by atoms with E-state index in [0.29, 0.717) is 12.1 Å². The molecule has 1 aliphatic heterocycles. The van der Waals surface area contributed by atoms with Crippen LogP contribution < -0.4 is 10.2 Å². The molecule has 0 spiro atoms. The second-order valence-corrected chi connectivity index (χ2v) is 6.99. The van der Waals surface area contributed by atoms with Gasteiger partial charge >= 0.3 is 0 Å². The predicted molar refractivity (Wildman–Crippen MR) is 109 cm³/mol. The molecule has 1 N–H and O–H groups in total. The zero-order valence-corrected chi connectivity index (χ0v) is 15.5. The second kappa shape index (κ2) is 7.62. The summed E-state index contributed by atoms with van der Waals surface area (Å²) in [5.41, 5.74) is 6.16. The van der Waals surface area contributed by atoms with Crippen molar-refractivity contribution >= 4 is 17.3 Å². The quantitative estimate of drug-likeness (QED) is 0.742. The zero-order chi connectivity index (χ0) is 18.6. The molecule has 0 saturated heterocycles. The van der Waals surface area contributed by atoms with Crippen molar-refractivity contribution in [3.63, 3.8) is 0 Å². The Labute approximate surface area is 159 Å². The fourth-order valence-corrected chi connectivity index (χ4v) is 3.46. The molecule has 0 bridgehead atoms. The topological polar surface area (TPSA) is 45.2 Å². The number of hydrogen-bond acceptors (Lipinski definition) is 3. The summed E-state index contributed by atoms with van der Waals surface area (Å²) in [6, 6.07) is 18.5. The molecule has 4 nitrogen and oxygen atoms in total. The lowest BCUT2D eigenvalue weighted by Crippen LogP contribution is -2.35. The number of carbonyl (C=O) groups excluding carboxylic acids is 1. The van der Waals surface area contributed by atoms with Gasteiger partial charge in [0.1, 0.15) is 0 Å². The summed E-state index contributed by atoms with van der Waals surface area (Å²) in [7, 11) is 0. The Morgan fingerprint density at radius 2 is 1.93 bits per heavy atom. The van der Waals surface area contributed by atoms with E-state index in [1.165, 1.54) is 16.7 Å². The largest absolute Gasteiger partial charge is 0.380 e. The molecule has 1 aromatic heterocycles. The summed E-state index contributed by atoms with van der Waals surface area (Å²) in [5, 5.41) is 3.36.